The van der Waals surface area contributed by atoms with Gasteiger partial charge in [0.15, 0.2) is 0 Å². The number of carbonyl (C=O) groups excluding carboxylic acids is 1. The van der Waals surface area contributed by atoms with E-state index in [9.17, 15) is 4.79 Å². The van der Waals surface area contributed by atoms with Crippen molar-refractivity contribution in [3.8, 4) is 0 Å². The Morgan fingerprint density at radius 1 is 1.56 bits per heavy atom. The highest BCUT2D eigenvalue weighted by Gasteiger charge is 2.17. The number of nitrogens with two attached hydrogens (primary N) is 1. The normalized spacial score (nSPS) is 11.9. The van der Waals surface area contributed by atoms with Crippen LogP contribution >= 0.6 is 28.1 Å². The van der Waals surface area contributed by atoms with Crippen molar-refractivity contribution in [2.24, 2.45) is 5.73 Å². The standard InChI is InChI=1S/C13H17BrN2OS/c1-3-4-11(12(15)18)16-13(17)9-7-8(2)5-6-10(9)14/h5-7,11H,3-4H2,1-2H3,(H2,15,18)(H,16,17). The predicted octanol–water partition coefficient (Wildman–Crippen LogP) is 2.94. The maximum Gasteiger partial charge on any atom is 0.252 e. The van der Waals surface area contributed by atoms with Crippen LogP contribution in [0.3, 0.4) is 0 Å². The molecule has 0 aliphatic rings. The Kier molecular flexibility index (Phi) is 5.75. The Morgan fingerprint density at radius 3 is 2.78 bits per heavy atom. The van der Waals surface area contributed by atoms with Gasteiger partial charge in [0.1, 0.15) is 0 Å². The van der Waals surface area contributed by atoms with Gasteiger partial charge in [0.2, 0.25) is 0 Å². The van der Waals surface area contributed by atoms with Gasteiger partial charge in [-0.1, -0.05) is 37.2 Å². The van der Waals surface area contributed by atoms with Crippen molar-refractivity contribution in [3.63, 3.8) is 0 Å². The van der Waals surface area contributed by atoms with Crippen LogP contribution in [0.1, 0.15) is 35.7 Å². The van der Waals surface area contributed by atoms with Gasteiger partial charge in [-0.2, -0.15) is 0 Å². The third-order valence-corrected chi connectivity index (χ3v) is 3.57. The average molecular weight is 329 g/mol. The molecule has 3 nitrogen and oxygen atoms in total. The van der Waals surface area contributed by atoms with Crippen LogP contribution in [-0.4, -0.2) is 16.9 Å². The Hall–Kier alpha value is -0.940. The summed E-state index contributed by atoms with van der Waals surface area (Å²) < 4.78 is 0.767. The second-order valence-corrected chi connectivity index (χ2v) is 5.53. The number of thiocarbonyl (C=S) groups is 1. The van der Waals surface area contributed by atoms with Crippen molar-refractivity contribution in [3.05, 3.63) is 33.8 Å². The molecule has 0 heterocycles. The van der Waals surface area contributed by atoms with E-state index in [1.54, 1.807) is 0 Å². The molecule has 1 aromatic carbocycles. The molecule has 5 heteroatoms. The quantitative estimate of drug-likeness (QED) is 0.817. The summed E-state index contributed by atoms with van der Waals surface area (Å²) in [5.74, 6) is -0.156. The molecule has 3 N–H and O–H groups in total. The number of halogens is 1. The maximum absolute atomic E-state index is 12.2. The highest BCUT2D eigenvalue weighted by molar-refractivity contribution is 9.10. The molecule has 0 aliphatic heterocycles. The van der Waals surface area contributed by atoms with Gasteiger partial charge >= 0.3 is 0 Å². The molecule has 1 rings (SSSR count). The van der Waals surface area contributed by atoms with Crippen LogP contribution in [0.25, 0.3) is 0 Å². The first-order valence-electron chi connectivity index (χ1n) is 5.82. The summed E-state index contributed by atoms with van der Waals surface area (Å²) in [4.78, 5) is 12.5. The van der Waals surface area contributed by atoms with E-state index >= 15 is 0 Å². The number of carbonyl (C=O) groups is 1. The van der Waals surface area contributed by atoms with Gasteiger partial charge in [0.25, 0.3) is 5.91 Å². The van der Waals surface area contributed by atoms with Crippen molar-refractivity contribution in [2.45, 2.75) is 32.7 Å². The molecule has 1 atom stereocenters. The van der Waals surface area contributed by atoms with Crippen molar-refractivity contribution < 1.29 is 4.79 Å². The molecule has 0 saturated heterocycles. The van der Waals surface area contributed by atoms with E-state index < -0.39 is 0 Å². The van der Waals surface area contributed by atoms with Crippen molar-refractivity contribution >= 4 is 39.0 Å². The molecular weight excluding hydrogens is 312 g/mol. The summed E-state index contributed by atoms with van der Waals surface area (Å²) >= 11 is 8.33. The first-order chi connectivity index (χ1) is 8.45. The van der Waals surface area contributed by atoms with Crippen molar-refractivity contribution in [1.82, 2.24) is 5.32 Å². The number of hydrogen-bond donors (Lipinski definition) is 2. The monoisotopic (exact) mass is 328 g/mol. The van der Waals surface area contributed by atoms with Crippen molar-refractivity contribution in [2.75, 3.05) is 0 Å². The molecular formula is C13H17BrN2OS. The van der Waals surface area contributed by atoms with Gasteiger partial charge in [0.05, 0.1) is 16.6 Å². The first-order valence-corrected chi connectivity index (χ1v) is 7.02. The summed E-state index contributed by atoms with van der Waals surface area (Å²) in [7, 11) is 0. The lowest BCUT2D eigenvalue weighted by Gasteiger charge is -2.17. The molecule has 0 fully saturated rings. The van der Waals surface area contributed by atoms with Crippen molar-refractivity contribution in [1.29, 1.82) is 0 Å². The van der Waals surface area contributed by atoms with E-state index in [0.717, 1.165) is 22.9 Å². The van der Waals surface area contributed by atoms with Gasteiger partial charge in [-0.3, -0.25) is 4.79 Å². The predicted molar refractivity (Wildman–Crippen MR) is 81.8 cm³/mol. The summed E-state index contributed by atoms with van der Waals surface area (Å²) in [6.07, 6.45) is 1.67. The number of rotatable bonds is 5. The fourth-order valence-electron chi connectivity index (χ4n) is 1.62. The molecule has 98 valence electrons. The zero-order valence-electron chi connectivity index (χ0n) is 10.5. The number of hydrogen-bond acceptors (Lipinski definition) is 2. The molecule has 0 aliphatic carbocycles. The highest BCUT2D eigenvalue weighted by Crippen LogP contribution is 2.18. The van der Waals surface area contributed by atoms with E-state index in [-0.39, 0.29) is 11.9 Å². The first kappa shape index (κ1) is 15.1. The lowest BCUT2D eigenvalue weighted by atomic mass is 10.1. The Morgan fingerprint density at radius 2 is 2.22 bits per heavy atom. The fraction of sp³-hybridized carbons (Fsp3) is 0.385. The smallest absolute Gasteiger partial charge is 0.252 e. The molecule has 0 radical (unpaired) electrons. The average Bonchev–Trinajstić information content (AvgIpc) is 2.31. The van der Waals surface area contributed by atoms with Crippen LogP contribution in [0.4, 0.5) is 0 Å². The largest absolute Gasteiger partial charge is 0.392 e. The summed E-state index contributed by atoms with van der Waals surface area (Å²) in [5, 5.41) is 2.87. The Bertz CT molecular complexity index is 462. The molecule has 0 aromatic heterocycles. The molecule has 1 unspecified atom stereocenters. The van der Waals surface area contributed by atoms with Gasteiger partial charge < -0.3 is 11.1 Å². The van der Waals surface area contributed by atoms with Gasteiger partial charge in [-0.25, -0.2) is 0 Å². The number of aryl methyl sites for hydroxylation is 1. The van der Waals surface area contributed by atoms with Crippen LogP contribution < -0.4 is 11.1 Å². The highest BCUT2D eigenvalue weighted by atomic mass is 79.9. The molecule has 0 bridgehead atoms. The van der Waals surface area contributed by atoms with Gasteiger partial charge in [-0.05, 0) is 41.4 Å². The SMILES string of the molecule is CCCC(NC(=O)c1cc(C)ccc1Br)C(N)=S. The third-order valence-electron chi connectivity index (χ3n) is 2.59. The Balaban J connectivity index is 2.86. The number of amides is 1. The van der Waals surface area contributed by atoms with Crippen LogP contribution in [0, 0.1) is 6.92 Å². The molecule has 1 aromatic rings. The zero-order chi connectivity index (χ0) is 13.7. The van der Waals surface area contributed by atoms with E-state index in [1.165, 1.54) is 0 Å². The number of benzene rings is 1. The van der Waals surface area contributed by atoms with Crippen LogP contribution in [0.2, 0.25) is 0 Å². The van der Waals surface area contributed by atoms with E-state index in [2.05, 4.69) is 21.2 Å². The zero-order valence-corrected chi connectivity index (χ0v) is 12.9. The summed E-state index contributed by atoms with van der Waals surface area (Å²) in [6.45, 7) is 3.97. The minimum Gasteiger partial charge on any atom is -0.392 e. The topological polar surface area (TPSA) is 55.1 Å². The minimum absolute atomic E-state index is 0.156. The minimum atomic E-state index is -0.245. The molecule has 0 saturated carbocycles. The van der Waals surface area contributed by atoms with Crippen LogP contribution in [0.5, 0.6) is 0 Å². The maximum atomic E-state index is 12.2. The van der Waals surface area contributed by atoms with E-state index in [1.807, 2.05) is 32.0 Å². The lowest BCUT2D eigenvalue weighted by molar-refractivity contribution is 0.0945. The second-order valence-electron chi connectivity index (χ2n) is 4.20. The number of nitrogens with one attached hydrogen (secondary N) is 1. The summed E-state index contributed by atoms with van der Waals surface area (Å²) in [6, 6.07) is 5.39. The second kappa shape index (κ2) is 6.85. The van der Waals surface area contributed by atoms with Gasteiger partial charge in [0, 0.05) is 4.47 Å². The van der Waals surface area contributed by atoms with E-state index in [4.69, 9.17) is 18.0 Å². The van der Waals surface area contributed by atoms with Crippen LogP contribution in [-0.2, 0) is 0 Å². The summed E-state index contributed by atoms with van der Waals surface area (Å²) in [5.41, 5.74) is 7.26. The molecule has 1 amide bonds. The molecule has 18 heavy (non-hydrogen) atoms. The molecule has 0 spiro atoms. The lowest BCUT2D eigenvalue weighted by Crippen LogP contribution is -2.43. The Labute approximate surface area is 121 Å². The van der Waals surface area contributed by atoms with E-state index in [0.29, 0.717) is 10.6 Å². The fourth-order valence-corrected chi connectivity index (χ4v) is 2.23. The van der Waals surface area contributed by atoms with Crippen LogP contribution in [0.15, 0.2) is 22.7 Å². The van der Waals surface area contributed by atoms with Gasteiger partial charge in [-0.15, -0.1) is 0 Å². The third kappa shape index (κ3) is 4.07.